The van der Waals surface area contributed by atoms with Crippen molar-refractivity contribution >= 4 is 11.9 Å². The number of esters is 1. The van der Waals surface area contributed by atoms with Crippen LogP contribution >= 0.6 is 0 Å². The SMILES string of the molecule is O=C(Cc1ccccc1)NCCC(=O)OCc1cc(F)cc2c1OCOC2. The zero-order valence-corrected chi connectivity index (χ0v) is 14.7. The monoisotopic (exact) mass is 373 g/mol. The molecule has 3 rings (SSSR count). The molecule has 1 aliphatic rings. The van der Waals surface area contributed by atoms with Crippen LogP contribution in [0.1, 0.15) is 23.1 Å². The third-order valence-electron chi connectivity index (χ3n) is 4.00. The van der Waals surface area contributed by atoms with Gasteiger partial charge in [0.1, 0.15) is 18.2 Å². The number of amides is 1. The van der Waals surface area contributed by atoms with Crippen molar-refractivity contribution in [2.75, 3.05) is 13.3 Å². The number of fused-ring (bicyclic) bond motifs is 1. The Bertz CT molecular complexity index is 810. The van der Waals surface area contributed by atoms with Gasteiger partial charge in [-0.05, 0) is 17.7 Å². The summed E-state index contributed by atoms with van der Waals surface area (Å²) in [5.41, 5.74) is 1.94. The van der Waals surface area contributed by atoms with E-state index in [-0.39, 0.29) is 45.3 Å². The molecule has 0 bridgehead atoms. The van der Waals surface area contributed by atoms with Gasteiger partial charge in [-0.2, -0.15) is 0 Å². The predicted molar refractivity (Wildman–Crippen MR) is 94.3 cm³/mol. The van der Waals surface area contributed by atoms with Crippen LogP contribution in [0.3, 0.4) is 0 Å². The van der Waals surface area contributed by atoms with E-state index in [1.807, 2.05) is 30.3 Å². The first-order valence-electron chi connectivity index (χ1n) is 8.60. The van der Waals surface area contributed by atoms with Crippen LogP contribution in [0.5, 0.6) is 5.75 Å². The fraction of sp³-hybridized carbons (Fsp3) is 0.300. The summed E-state index contributed by atoms with van der Waals surface area (Å²) in [5, 5.41) is 2.68. The first-order valence-corrected chi connectivity index (χ1v) is 8.60. The standard InChI is InChI=1S/C20H20FNO5/c21-17-9-15-11-25-13-27-20(15)16(10-17)12-26-19(24)6-7-22-18(23)8-14-4-2-1-3-5-14/h1-5,9-10H,6-8,11-13H2,(H,22,23). The maximum atomic E-state index is 13.7. The van der Waals surface area contributed by atoms with Crippen molar-refractivity contribution in [1.29, 1.82) is 0 Å². The molecule has 6 nitrogen and oxygen atoms in total. The Balaban J connectivity index is 1.42. The molecule has 0 fully saturated rings. The van der Waals surface area contributed by atoms with E-state index in [2.05, 4.69) is 5.32 Å². The molecule has 0 aliphatic carbocycles. The third-order valence-corrected chi connectivity index (χ3v) is 4.00. The molecule has 0 spiro atoms. The highest BCUT2D eigenvalue weighted by atomic mass is 19.1. The van der Waals surface area contributed by atoms with Gasteiger partial charge in [0.05, 0.1) is 19.4 Å². The van der Waals surface area contributed by atoms with Crippen LogP contribution in [-0.4, -0.2) is 25.2 Å². The van der Waals surface area contributed by atoms with E-state index in [9.17, 15) is 14.0 Å². The number of benzene rings is 2. The highest BCUT2D eigenvalue weighted by molar-refractivity contribution is 5.79. The normalized spacial score (nSPS) is 12.6. The lowest BCUT2D eigenvalue weighted by Gasteiger charge is -2.20. The van der Waals surface area contributed by atoms with E-state index >= 15 is 0 Å². The minimum atomic E-state index is -0.486. The molecule has 27 heavy (non-hydrogen) atoms. The first-order chi connectivity index (χ1) is 13.1. The molecule has 0 atom stereocenters. The van der Waals surface area contributed by atoms with Crippen molar-refractivity contribution in [3.8, 4) is 5.75 Å². The molecule has 7 heteroatoms. The Labute approximate surface area is 156 Å². The molecule has 0 saturated carbocycles. The molecule has 2 aromatic carbocycles. The predicted octanol–water partition coefficient (Wildman–Crippen LogP) is 2.48. The van der Waals surface area contributed by atoms with Gasteiger partial charge >= 0.3 is 5.97 Å². The molecular formula is C20H20FNO5. The summed E-state index contributed by atoms with van der Waals surface area (Å²) < 4.78 is 29.3. The quantitative estimate of drug-likeness (QED) is 0.755. The third kappa shape index (κ3) is 5.52. The van der Waals surface area contributed by atoms with E-state index in [0.717, 1.165) is 5.56 Å². The van der Waals surface area contributed by atoms with Crippen molar-refractivity contribution < 1.29 is 28.2 Å². The number of hydrogen-bond acceptors (Lipinski definition) is 5. The lowest BCUT2D eigenvalue weighted by Crippen LogP contribution is -2.27. The Morgan fingerprint density at radius 2 is 2.00 bits per heavy atom. The smallest absolute Gasteiger partial charge is 0.307 e. The Kier molecular flexibility index (Phi) is 6.38. The zero-order chi connectivity index (χ0) is 19.1. The number of ether oxygens (including phenoxy) is 3. The van der Waals surface area contributed by atoms with E-state index < -0.39 is 11.8 Å². The van der Waals surface area contributed by atoms with Crippen molar-refractivity contribution in [2.24, 2.45) is 0 Å². The summed E-state index contributed by atoms with van der Waals surface area (Å²) in [4.78, 5) is 23.7. The van der Waals surface area contributed by atoms with Crippen LogP contribution < -0.4 is 10.1 Å². The van der Waals surface area contributed by atoms with E-state index in [1.54, 1.807) is 0 Å². The molecule has 1 heterocycles. The molecule has 2 aromatic rings. The molecule has 0 saturated heterocycles. The van der Waals surface area contributed by atoms with E-state index in [0.29, 0.717) is 16.9 Å². The number of carbonyl (C=O) groups is 2. The summed E-state index contributed by atoms with van der Waals surface area (Å²) >= 11 is 0. The van der Waals surface area contributed by atoms with Crippen molar-refractivity contribution in [2.45, 2.75) is 26.1 Å². The van der Waals surface area contributed by atoms with Crippen LogP contribution in [0.2, 0.25) is 0 Å². The van der Waals surface area contributed by atoms with Crippen LogP contribution in [0.4, 0.5) is 4.39 Å². The van der Waals surface area contributed by atoms with Crippen LogP contribution in [0.15, 0.2) is 42.5 Å². The first kappa shape index (κ1) is 18.8. The molecular weight excluding hydrogens is 353 g/mol. The summed E-state index contributed by atoms with van der Waals surface area (Å²) in [7, 11) is 0. The lowest BCUT2D eigenvalue weighted by molar-refractivity contribution is -0.144. The molecule has 1 aliphatic heterocycles. The van der Waals surface area contributed by atoms with Gasteiger partial charge < -0.3 is 19.5 Å². The fourth-order valence-electron chi connectivity index (χ4n) is 2.74. The molecule has 1 amide bonds. The van der Waals surface area contributed by atoms with Crippen molar-refractivity contribution in [3.05, 3.63) is 65.0 Å². The minimum absolute atomic E-state index is 0.0298. The summed E-state index contributed by atoms with van der Waals surface area (Å²) in [6, 6.07) is 11.9. The maximum absolute atomic E-state index is 13.7. The Morgan fingerprint density at radius 1 is 1.19 bits per heavy atom. The van der Waals surface area contributed by atoms with E-state index in [4.69, 9.17) is 14.2 Å². The van der Waals surface area contributed by atoms with E-state index in [1.165, 1.54) is 12.1 Å². The zero-order valence-electron chi connectivity index (χ0n) is 14.7. The minimum Gasteiger partial charge on any atom is -0.467 e. The topological polar surface area (TPSA) is 73.9 Å². The van der Waals surface area contributed by atoms with Crippen LogP contribution in [0.25, 0.3) is 0 Å². The Morgan fingerprint density at radius 3 is 2.81 bits per heavy atom. The molecule has 0 radical (unpaired) electrons. The summed E-state index contributed by atoms with van der Waals surface area (Å²) in [5.74, 6) is -0.602. The van der Waals surface area contributed by atoms with Gasteiger partial charge in [0.2, 0.25) is 5.91 Å². The second kappa shape index (κ2) is 9.14. The molecule has 1 N–H and O–H groups in total. The summed E-state index contributed by atoms with van der Waals surface area (Å²) in [6.45, 7) is 0.404. The average molecular weight is 373 g/mol. The summed E-state index contributed by atoms with van der Waals surface area (Å²) in [6.07, 6.45) is 0.284. The number of rotatable bonds is 7. The molecule has 0 unspecified atom stereocenters. The van der Waals surface area contributed by atoms with Gasteiger partial charge in [0, 0.05) is 17.7 Å². The van der Waals surface area contributed by atoms with Gasteiger partial charge in [-0.15, -0.1) is 0 Å². The van der Waals surface area contributed by atoms with Gasteiger partial charge in [0.15, 0.2) is 6.79 Å². The van der Waals surface area contributed by atoms with Gasteiger partial charge in [-0.3, -0.25) is 9.59 Å². The number of nitrogens with one attached hydrogen (secondary N) is 1. The van der Waals surface area contributed by atoms with Crippen LogP contribution in [0, 0.1) is 5.82 Å². The fourth-order valence-corrected chi connectivity index (χ4v) is 2.74. The highest BCUT2D eigenvalue weighted by Gasteiger charge is 2.18. The van der Waals surface area contributed by atoms with Crippen molar-refractivity contribution in [1.82, 2.24) is 5.32 Å². The van der Waals surface area contributed by atoms with Crippen molar-refractivity contribution in [3.63, 3.8) is 0 Å². The number of hydrogen-bond donors (Lipinski definition) is 1. The maximum Gasteiger partial charge on any atom is 0.307 e. The van der Waals surface area contributed by atoms with Gasteiger partial charge in [-0.25, -0.2) is 4.39 Å². The average Bonchev–Trinajstić information content (AvgIpc) is 2.66. The Hall–Kier alpha value is -2.93. The largest absolute Gasteiger partial charge is 0.467 e. The van der Waals surface area contributed by atoms with Crippen LogP contribution in [-0.2, 0) is 38.7 Å². The molecule has 142 valence electrons. The molecule has 0 aromatic heterocycles. The highest BCUT2D eigenvalue weighted by Crippen LogP contribution is 2.29. The van der Waals surface area contributed by atoms with Gasteiger partial charge in [-0.1, -0.05) is 30.3 Å². The number of halogens is 1. The second-order valence-corrected chi connectivity index (χ2v) is 6.09. The van der Waals surface area contributed by atoms with Gasteiger partial charge in [0.25, 0.3) is 0 Å². The number of carbonyl (C=O) groups excluding carboxylic acids is 2. The lowest BCUT2D eigenvalue weighted by atomic mass is 10.1. The second-order valence-electron chi connectivity index (χ2n) is 6.09.